The van der Waals surface area contributed by atoms with Crippen molar-refractivity contribution in [2.45, 2.75) is 71.1 Å². The molecule has 1 aromatic rings. The van der Waals surface area contributed by atoms with Gasteiger partial charge in [-0.05, 0) is 25.0 Å². The van der Waals surface area contributed by atoms with E-state index in [0.29, 0.717) is 11.5 Å². The Morgan fingerprint density at radius 1 is 0.955 bits per heavy atom. The van der Waals surface area contributed by atoms with E-state index in [1.165, 1.54) is 32.1 Å². The largest absolute Gasteiger partial charge is 1.00 e. The molecule has 1 aromatic carbocycles. The maximum Gasteiger partial charge on any atom is 1.00 e. The fraction of sp³-hybridized carbons (Fsp3) is 0.579. The third kappa shape index (κ3) is 17.7. The van der Waals surface area contributed by atoms with Gasteiger partial charge in [0.15, 0.2) is 0 Å². The SMILES string of the molecule is Oc1ccccc1.[CH2-]CCCCCCCCC(=O)CCC.[Na+]. The number of hydrogen-bond donors (Lipinski definition) is 1. The van der Waals surface area contributed by atoms with Crippen LogP contribution in [0.3, 0.4) is 0 Å². The molecule has 0 spiro atoms. The molecule has 0 fully saturated rings. The smallest absolute Gasteiger partial charge is 0.508 e. The molecule has 0 heterocycles. The summed E-state index contributed by atoms with van der Waals surface area (Å²) in [7, 11) is 0. The van der Waals surface area contributed by atoms with Crippen LogP contribution in [0.1, 0.15) is 71.1 Å². The molecule has 1 N–H and O–H groups in total. The summed E-state index contributed by atoms with van der Waals surface area (Å²) in [5.74, 6) is 0.771. The maximum absolute atomic E-state index is 11.2. The van der Waals surface area contributed by atoms with Gasteiger partial charge in [-0.15, -0.1) is 0 Å². The molecule has 0 bridgehead atoms. The second-order valence-electron chi connectivity index (χ2n) is 5.35. The Hall–Kier alpha value is -0.310. The normalized spacial score (nSPS) is 9.36. The van der Waals surface area contributed by atoms with E-state index in [2.05, 4.69) is 13.8 Å². The van der Waals surface area contributed by atoms with Crippen molar-refractivity contribution in [1.29, 1.82) is 0 Å². The van der Waals surface area contributed by atoms with E-state index in [-0.39, 0.29) is 29.6 Å². The van der Waals surface area contributed by atoms with E-state index in [0.717, 1.165) is 32.1 Å². The van der Waals surface area contributed by atoms with Crippen LogP contribution in [0.4, 0.5) is 0 Å². The minimum Gasteiger partial charge on any atom is -0.508 e. The predicted octanol–water partition coefficient (Wildman–Crippen LogP) is 2.71. The Kier molecular flexibility index (Phi) is 20.4. The summed E-state index contributed by atoms with van der Waals surface area (Å²) in [6.45, 7) is 5.88. The van der Waals surface area contributed by atoms with Crippen LogP contribution in [-0.2, 0) is 4.79 Å². The standard InChI is InChI=1S/C13H25O.C6H6O.Na/c1-3-5-6-7-8-9-10-12-13(14)11-4-2;7-6-4-2-1-3-5-6;/h1,3-12H2,2H3;1-5,7H;/q-1;;+1. The molecule has 1 rings (SSSR count). The van der Waals surface area contributed by atoms with E-state index < -0.39 is 0 Å². The first kappa shape index (κ1) is 23.9. The topological polar surface area (TPSA) is 37.3 Å². The molecular weight excluding hydrogens is 283 g/mol. The van der Waals surface area contributed by atoms with E-state index in [9.17, 15) is 4.79 Å². The molecule has 22 heavy (non-hydrogen) atoms. The van der Waals surface area contributed by atoms with Gasteiger partial charge in [0, 0.05) is 12.8 Å². The van der Waals surface area contributed by atoms with Gasteiger partial charge in [0.2, 0.25) is 0 Å². The zero-order chi connectivity index (χ0) is 15.8. The number of benzene rings is 1. The first-order chi connectivity index (χ1) is 10.2. The summed E-state index contributed by atoms with van der Waals surface area (Å²) in [6, 6.07) is 8.71. The average Bonchev–Trinajstić information content (AvgIpc) is 2.48. The number of ketones is 1. The number of carbonyl (C=O) groups excluding carboxylic acids is 1. The summed E-state index contributed by atoms with van der Waals surface area (Å²) in [4.78, 5) is 11.2. The first-order valence-corrected chi connectivity index (χ1v) is 8.25. The molecule has 2 nitrogen and oxygen atoms in total. The van der Waals surface area contributed by atoms with Crippen molar-refractivity contribution in [3.8, 4) is 5.75 Å². The van der Waals surface area contributed by atoms with Gasteiger partial charge < -0.3 is 12.0 Å². The Bertz CT molecular complexity index is 339. The molecule has 0 unspecified atom stereocenters. The summed E-state index contributed by atoms with van der Waals surface area (Å²) < 4.78 is 0. The molecule has 0 radical (unpaired) electrons. The van der Waals surface area contributed by atoms with Gasteiger partial charge in [0.1, 0.15) is 11.5 Å². The molecule has 0 amide bonds. The Labute approximate surface area is 159 Å². The van der Waals surface area contributed by atoms with Crippen molar-refractivity contribution in [2.75, 3.05) is 0 Å². The van der Waals surface area contributed by atoms with Crippen molar-refractivity contribution in [1.82, 2.24) is 0 Å². The number of para-hydroxylation sites is 1. The third-order valence-corrected chi connectivity index (χ3v) is 3.24. The van der Waals surface area contributed by atoms with Crippen LogP contribution >= 0.6 is 0 Å². The molecule has 0 saturated carbocycles. The quantitative estimate of drug-likeness (QED) is 0.409. The zero-order valence-electron chi connectivity index (χ0n) is 14.5. The molecule has 0 aliphatic carbocycles. The molecule has 0 atom stereocenters. The fourth-order valence-corrected chi connectivity index (χ4v) is 2.04. The average molecular weight is 314 g/mol. The van der Waals surface area contributed by atoms with E-state index in [1.54, 1.807) is 24.3 Å². The Balaban J connectivity index is 0. The van der Waals surface area contributed by atoms with Crippen LogP contribution in [0.5, 0.6) is 5.75 Å². The number of carbonyl (C=O) groups is 1. The van der Waals surface area contributed by atoms with Crippen LogP contribution in [-0.4, -0.2) is 10.9 Å². The number of unbranched alkanes of at least 4 members (excludes halogenated alkanes) is 6. The van der Waals surface area contributed by atoms with Gasteiger partial charge in [-0.1, -0.05) is 57.2 Å². The van der Waals surface area contributed by atoms with E-state index in [4.69, 9.17) is 5.11 Å². The number of phenols is 1. The summed E-state index contributed by atoms with van der Waals surface area (Å²) in [5, 5.41) is 8.63. The van der Waals surface area contributed by atoms with E-state index >= 15 is 0 Å². The third-order valence-electron chi connectivity index (χ3n) is 3.24. The van der Waals surface area contributed by atoms with Crippen molar-refractivity contribution in [2.24, 2.45) is 0 Å². The van der Waals surface area contributed by atoms with E-state index in [1.807, 2.05) is 6.07 Å². The van der Waals surface area contributed by atoms with Gasteiger partial charge in [-0.25, -0.2) is 0 Å². The molecule has 120 valence electrons. The summed E-state index contributed by atoms with van der Waals surface area (Å²) >= 11 is 0. The zero-order valence-corrected chi connectivity index (χ0v) is 16.5. The number of rotatable bonds is 10. The fourth-order valence-electron chi connectivity index (χ4n) is 2.04. The number of phenolic OH excluding ortho intramolecular Hbond substituents is 1. The predicted molar refractivity (Wildman–Crippen MR) is 90.3 cm³/mol. The molecule has 0 aliphatic heterocycles. The number of Topliss-reactive ketones (excluding diaryl/α,β-unsaturated/α-hetero) is 1. The van der Waals surface area contributed by atoms with Crippen LogP contribution < -0.4 is 29.6 Å². The minimum absolute atomic E-state index is 0. The monoisotopic (exact) mass is 314 g/mol. The molecule has 0 aromatic heterocycles. The van der Waals surface area contributed by atoms with Gasteiger partial charge in [0.05, 0.1) is 0 Å². The molecular formula is C19H31NaO2. The Morgan fingerprint density at radius 2 is 1.50 bits per heavy atom. The maximum atomic E-state index is 11.2. The first-order valence-electron chi connectivity index (χ1n) is 8.25. The van der Waals surface area contributed by atoms with Crippen LogP contribution in [0.15, 0.2) is 30.3 Å². The second-order valence-corrected chi connectivity index (χ2v) is 5.35. The van der Waals surface area contributed by atoms with Crippen molar-refractivity contribution >= 4 is 5.78 Å². The summed E-state index contributed by atoms with van der Waals surface area (Å²) in [5.41, 5.74) is 0. The van der Waals surface area contributed by atoms with Gasteiger partial charge in [-0.3, -0.25) is 4.79 Å². The van der Waals surface area contributed by atoms with Gasteiger partial charge in [0.25, 0.3) is 0 Å². The van der Waals surface area contributed by atoms with Gasteiger partial charge >= 0.3 is 29.6 Å². The molecule has 0 saturated heterocycles. The second kappa shape index (κ2) is 18.7. The molecule has 0 aliphatic rings. The van der Waals surface area contributed by atoms with Crippen molar-refractivity contribution in [3.63, 3.8) is 0 Å². The number of hydrogen-bond acceptors (Lipinski definition) is 2. The van der Waals surface area contributed by atoms with Crippen LogP contribution in [0, 0.1) is 6.92 Å². The van der Waals surface area contributed by atoms with Gasteiger partial charge in [-0.2, -0.15) is 6.42 Å². The summed E-state index contributed by atoms with van der Waals surface area (Å²) in [6.07, 6.45) is 11.2. The Morgan fingerprint density at radius 3 is 1.95 bits per heavy atom. The van der Waals surface area contributed by atoms with Crippen molar-refractivity contribution < 1.29 is 39.5 Å². The van der Waals surface area contributed by atoms with Crippen LogP contribution in [0.25, 0.3) is 0 Å². The number of aromatic hydroxyl groups is 1. The minimum atomic E-state index is 0. The van der Waals surface area contributed by atoms with Crippen molar-refractivity contribution in [3.05, 3.63) is 37.3 Å². The molecule has 3 heteroatoms. The van der Waals surface area contributed by atoms with Crippen LogP contribution in [0.2, 0.25) is 0 Å².